The van der Waals surface area contributed by atoms with Gasteiger partial charge in [0.05, 0.1) is 18.2 Å². The van der Waals surface area contributed by atoms with Crippen molar-refractivity contribution in [2.24, 2.45) is 0 Å². The van der Waals surface area contributed by atoms with Crippen molar-refractivity contribution in [3.8, 4) is 6.07 Å². The van der Waals surface area contributed by atoms with Crippen molar-refractivity contribution in [1.82, 2.24) is 0 Å². The number of benzene rings is 3. The van der Waals surface area contributed by atoms with E-state index in [0.717, 1.165) is 16.8 Å². The fourth-order valence-corrected chi connectivity index (χ4v) is 2.60. The normalized spacial score (nSPS) is 10.4. The molecule has 0 unspecified atom stereocenters. The molecule has 0 saturated heterocycles. The number of rotatable bonds is 5. The Labute approximate surface area is 153 Å². The average molecular weight is 338 g/mol. The van der Waals surface area contributed by atoms with Crippen LogP contribution in [0.4, 0.5) is 5.69 Å². The molecule has 0 fully saturated rings. The Morgan fingerprint density at radius 2 is 1.50 bits per heavy atom. The molecule has 3 rings (SSSR count). The summed E-state index contributed by atoms with van der Waals surface area (Å²) in [4.78, 5) is 14.6. The Balaban J connectivity index is 1.82. The SMILES string of the molecule is N#Cc1ccc(C=CC(=O)N(Cc2ccccc2)c2ccccc2)cc1. The molecule has 26 heavy (non-hydrogen) atoms. The summed E-state index contributed by atoms with van der Waals surface area (Å²) in [6.07, 6.45) is 3.34. The zero-order chi connectivity index (χ0) is 18.2. The van der Waals surface area contributed by atoms with Crippen LogP contribution in [0.15, 0.2) is 91.0 Å². The number of para-hydroxylation sites is 1. The topological polar surface area (TPSA) is 44.1 Å². The average Bonchev–Trinajstić information content (AvgIpc) is 2.72. The van der Waals surface area contributed by atoms with Crippen molar-refractivity contribution >= 4 is 17.7 Å². The van der Waals surface area contributed by atoms with E-state index >= 15 is 0 Å². The second kappa shape index (κ2) is 8.46. The molecule has 0 N–H and O–H groups in total. The molecule has 0 bridgehead atoms. The molecule has 0 atom stereocenters. The first-order chi connectivity index (χ1) is 12.8. The molecule has 0 aliphatic carbocycles. The number of carbonyl (C=O) groups excluding carboxylic acids is 1. The fourth-order valence-electron chi connectivity index (χ4n) is 2.60. The first-order valence-electron chi connectivity index (χ1n) is 8.35. The maximum absolute atomic E-state index is 12.8. The number of hydrogen-bond acceptors (Lipinski definition) is 2. The van der Waals surface area contributed by atoms with Gasteiger partial charge in [-0.3, -0.25) is 4.79 Å². The Morgan fingerprint density at radius 1 is 0.885 bits per heavy atom. The second-order valence-electron chi connectivity index (χ2n) is 5.81. The van der Waals surface area contributed by atoms with Gasteiger partial charge in [0.15, 0.2) is 0 Å². The number of hydrogen-bond donors (Lipinski definition) is 0. The molecule has 0 spiro atoms. The van der Waals surface area contributed by atoms with Crippen molar-refractivity contribution in [3.05, 3.63) is 108 Å². The van der Waals surface area contributed by atoms with Gasteiger partial charge in [0, 0.05) is 11.8 Å². The van der Waals surface area contributed by atoms with Crippen LogP contribution in [0.2, 0.25) is 0 Å². The summed E-state index contributed by atoms with van der Waals surface area (Å²) in [6, 6.07) is 28.8. The van der Waals surface area contributed by atoms with E-state index < -0.39 is 0 Å². The van der Waals surface area contributed by atoms with E-state index in [2.05, 4.69) is 6.07 Å². The van der Waals surface area contributed by atoms with Gasteiger partial charge in [0.1, 0.15) is 0 Å². The first-order valence-corrected chi connectivity index (χ1v) is 8.35. The van der Waals surface area contributed by atoms with Gasteiger partial charge in [-0.05, 0) is 41.5 Å². The minimum absolute atomic E-state index is 0.0931. The van der Waals surface area contributed by atoms with Gasteiger partial charge in [0.2, 0.25) is 0 Å². The second-order valence-corrected chi connectivity index (χ2v) is 5.81. The highest BCUT2D eigenvalue weighted by Gasteiger charge is 2.13. The third kappa shape index (κ3) is 4.46. The van der Waals surface area contributed by atoms with Gasteiger partial charge in [-0.15, -0.1) is 0 Å². The molecule has 0 heterocycles. The van der Waals surface area contributed by atoms with Crippen molar-refractivity contribution in [3.63, 3.8) is 0 Å². The van der Waals surface area contributed by atoms with Gasteiger partial charge in [-0.1, -0.05) is 60.7 Å². The lowest BCUT2D eigenvalue weighted by Gasteiger charge is -2.21. The molecule has 126 valence electrons. The van der Waals surface area contributed by atoms with Gasteiger partial charge in [-0.25, -0.2) is 0 Å². The maximum Gasteiger partial charge on any atom is 0.251 e. The Morgan fingerprint density at radius 3 is 2.12 bits per heavy atom. The molecule has 0 radical (unpaired) electrons. The zero-order valence-corrected chi connectivity index (χ0v) is 14.2. The highest BCUT2D eigenvalue weighted by Crippen LogP contribution is 2.18. The Hall–Kier alpha value is -3.64. The predicted molar refractivity (Wildman–Crippen MR) is 104 cm³/mol. The van der Waals surface area contributed by atoms with E-state index in [4.69, 9.17) is 5.26 Å². The maximum atomic E-state index is 12.8. The van der Waals surface area contributed by atoms with Crippen molar-refractivity contribution in [1.29, 1.82) is 5.26 Å². The van der Waals surface area contributed by atoms with Crippen LogP contribution >= 0.6 is 0 Å². The van der Waals surface area contributed by atoms with Crippen LogP contribution in [0.5, 0.6) is 0 Å². The quantitative estimate of drug-likeness (QED) is 0.627. The number of amides is 1. The molecule has 3 aromatic rings. The third-order valence-corrected chi connectivity index (χ3v) is 3.98. The molecular formula is C23H18N2O. The van der Waals surface area contributed by atoms with Crippen LogP contribution in [0, 0.1) is 11.3 Å². The zero-order valence-electron chi connectivity index (χ0n) is 14.2. The molecule has 0 aliphatic rings. The van der Waals surface area contributed by atoms with Crippen LogP contribution in [0.1, 0.15) is 16.7 Å². The van der Waals surface area contributed by atoms with Crippen LogP contribution < -0.4 is 4.90 Å². The largest absolute Gasteiger partial charge is 0.304 e. The van der Waals surface area contributed by atoms with Crippen LogP contribution in [-0.2, 0) is 11.3 Å². The van der Waals surface area contributed by atoms with E-state index in [9.17, 15) is 4.79 Å². The van der Waals surface area contributed by atoms with Gasteiger partial charge >= 0.3 is 0 Å². The van der Waals surface area contributed by atoms with E-state index in [0.29, 0.717) is 12.1 Å². The van der Waals surface area contributed by atoms with Crippen molar-refractivity contribution < 1.29 is 4.79 Å². The molecule has 0 saturated carbocycles. The van der Waals surface area contributed by atoms with Gasteiger partial charge in [0.25, 0.3) is 5.91 Å². The molecule has 0 aliphatic heterocycles. The van der Waals surface area contributed by atoms with Crippen LogP contribution in [-0.4, -0.2) is 5.91 Å². The summed E-state index contributed by atoms with van der Waals surface area (Å²) in [5.74, 6) is -0.0931. The summed E-state index contributed by atoms with van der Waals surface area (Å²) >= 11 is 0. The van der Waals surface area contributed by atoms with Crippen molar-refractivity contribution in [2.75, 3.05) is 4.90 Å². The lowest BCUT2D eigenvalue weighted by atomic mass is 10.1. The van der Waals surface area contributed by atoms with Gasteiger partial charge in [-0.2, -0.15) is 5.26 Å². The lowest BCUT2D eigenvalue weighted by molar-refractivity contribution is -0.114. The van der Waals surface area contributed by atoms with Crippen molar-refractivity contribution in [2.45, 2.75) is 6.54 Å². The predicted octanol–water partition coefficient (Wildman–Crippen LogP) is 4.80. The van der Waals surface area contributed by atoms with Crippen LogP contribution in [0.3, 0.4) is 0 Å². The van der Waals surface area contributed by atoms with E-state index in [-0.39, 0.29) is 5.91 Å². The number of nitrogens with zero attached hydrogens (tertiary/aromatic N) is 2. The Bertz CT molecular complexity index is 923. The van der Waals surface area contributed by atoms with Gasteiger partial charge < -0.3 is 4.90 Å². The number of nitriles is 1. The summed E-state index contributed by atoms with van der Waals surface area (Å²) in [5, 5.41) is 8.86. The monoisotopic (exact) mass is 338 g/mol. The molecule has 3 nitrogen and oxygen atoms in total. The van der Waals surface area contributed by atoms with E-state index in [1.54, 1.807) is 29.2 Å². The molecule has 0 aromatic heterocycles. The first kappa shape index (κ1) is 17.2. The summed E-state index contributed by atoms with van der Waals surface area (Å²) in [7, 11) is 0. The third-order valence-electron chi connectivity index (χ3n) is 3.98. The van der Waals surface area contributed by atoms with E-state index in [1.807, 2.05) is 72.8 Å². The van der Waals surface area contributed by atoms with E-state index in [1.165, 1.54) is 0 Å². The number of anilines is 1. The Kier molecular flexibility index (Phi) is 5.59. The fraction of sp³-hybridized carbons (Fsp3) is 0.0435. The molecule has 3 heteroatoms. The standard InChI is InChI=1S/C23H18N2O/c24-17-20-13-11-19(12-14-20)15-16-23(26)25(22-9-5-2-6-10-22)18-21-7-3-1-4-8-21/h1-16H,18H2. The minimum Gasteiger partial charge on any atom is -0.304 e. The highest BCUT2D eigenvalue weighted by molar-refractivity contribution is 6.03. The molecule has 3 aromatic carbocycles. The molecule has 1 amide bonds. The molecular weight excluding hydrogens is 320 g/mol. The summed E-state index contributed by atoms with van der Waals surface area (Å²) in [5.41, 5.74) is 3.40. The summed E-state index contributed by atoms with van der Waals surface area (Å²) in [6.45, 7) is 0.501. The minimum atomic E-state index is -0.0931. The van der Waals surface area contributed by atoms with Crippen LogP contribution in [0.25, 0.3) is 6.08 Å². The number of carbonyl (C=O) groups is 1. The smallest absolute Gasteiger partial charge is 0.251 e. The lowest BCUT2D eigenvalue weighted by Crippen LogP contribution is -2.28. The highest BCUT2D eigenvalue weighted by atomic mass is 16.2. The summed E-state index contributed by atoms with van der Waals surface area (Å²) < 4.78 is 0.